The second-order valence-corrected chi connectivity index (χ2v) is 23.6. The van der Waals surface area contributed by atoms with E-state index >= 15 is 0 Å². The van der Waals surface area contributed by atoms with Gasteiger partial charge in [-0.1, -0.05) is 342 Å². The molecular weight excluding hydrogens is 1000 g/mol. The zero-order valence-electron chi connectivity index (χ0n) is 54.2. The van der Waals surface area contributed by atoms with Gasteiger partial charge in [-0.2, -0.15) is 0 Å². The van der Waals surface area contributed by atoms with E-state index in [9.17, 15) is 14.7 Å². The highest BCUT2D eigenvalue weighted by Crippen LogP contribution is 2.18. The molecule has 1 N–H and O–H groups in total. The molecule has 0 saturated heterocycles. The Bertz CT molecular complexity index is 1570. The molecule has 0 bridgehead atoms. The highest BCUT2D eigenvalue weighted by atomic mass is 16.6. The molecule has 1 unspecified atom stereocenters. The van der Waals surface area contributed by atoms with Crippen molar-refractivity contribution >= 4 is 11.9 Å². The Kier molecular flexibility index (Phi) is 68.8. The maximum absolute atomic E-state index is 12.4. The molecule has 0 heterocycles. The number of carbonyl (C=O) groups is 2. The molecular formula is C77H134O5. The maximum Gasteiger partial charge on any atom is 0.306 e. The minimum Gasteiger partial charge on any atom is -0.462 e. The number of esters is 2. The number of ether oxygens (including phenoxy) is 2. The van der Waals surface area contributed by atoms with Gasteiger partial charge in [-0.05, 0) is 103 Å². The topological polar surface area (TPSA) is 72.8 Å². The first kappa shape index (κ1) is 78.6. The molecule has 0 radical (unpaired) electrons. The molecule has 0 aromatic carbocycles. The van der Waals surface area contributed by atoms with Gasteiger partial charge in [0.05, 0.1) is 6.61 Å². The van der Waals surface area contributed by atoms with Crippen LogP contribution in [-0.2, 0) is 19.1 Å². The molecule has 5 heteroatoms. The molecule has 1 atom stereocenters. The number of aliphatic hydroxyl groups is 1. The van der Waals surface area contributed by atoms with Gasteiger partial charge in [-0.3, -0.25) is 9.59 Å². The number of hydrogen-bond donors (Lipinski definition) is 1. The van der Waals surface area contributed by atoms with Crippen molar-refractivity contribution in [2.45, 2.75) is 354 Å². The summed E-state index contributed by atoms with van der Waals surface area (Å²) in [5.74, 6) is -0.591. The summed E-state index contributed by atoms with van der Waals surface area (Å²) in [7, 11) is 0. The molecule has 0 aromatic heterocycles. The third-order valence-corrected chi connectivity index (χ3v) is 15.6. The van der Waals surface area contributed by atoms with Crippen LogP contribution in [-0.4, -0.2) is 36.4 Å². The van der Waals surface area contributed by atoms with Gasteiger partial charge in [-0.25, -0.2) is 0 Å². The quantitative estimate of drug-likeness (QED) is 0.0373. The number of carbonyl (C=O) groups excluding carboxylic acids is 2. The molecule has 0 fully saturated rings. The maximum atomic E-state index is 12.4. The van der Waals surface area contributed by atoms with Gasteiger partial charge in [-0.15, -0.1) is 0 Å². The van der Waals surface area contributed by atoms with Crippen LogP contribution in [0.1, 0.15) is 348 Å². The van der Waals surface area contributed by atoms with Crippen molar-refractivity contribution in [2.75, 3.05) is 13.2 Å². The highest BCUT2D eigenvalue weighted by molar-refractivity contribution is 5.70. The van der Waals surface area contributed by atoms with Gasteiger partial charge >= 0.3 is 11.9 Å². The molecule has 0 aliphatic heterocycles. The average Bonchev–Trinajstić information content (AvgIpc) is 3.49. The van der Waals surface area contributed by atoms with Crippen molar-refractivity contribution < 1.29 is 24.2 Å². The summed E-state index contributed by atoms with van der Waals surface area (Å²) in [6, 6.07) is 0. The fourth-order valence-corrected chi connectivity index (χ4v) is 10.3. The first-order valence-electron chi connectivity index (χ1n) is 35.4. The van der Waals surface area contributed by atoms with E-state index in [2.05, 4.69) is 123 Å². The van der Waals surface area contributed by atoms with E-state index in [0.29, 0.717) is 12.8 Å². The Morgan fingerprint density at radius 3 is 0.805 bits per heavy atom. The molecule has 0 aromatic rings. The van der Waals surface area contributed by atoms with Crippen LogP contribution < -0.4 is 0 Å². The van der Waals surface area contributed by atoms with Crippen LogP contribution in [0.3, 0.4) is 0 Å². The molecule has 82 heavy (non-hydrogen) atoms. The lowest BCUT2D eigenvalue weighted by Crippen LogP contribution is -2.28. The summed E-state index contributed by atoms with van der Waals surface area (Å²) in [6.45, 7) is 4.05. The number of allylic oxidation sites excluding steroid dienone is 18. The molecule has 472 valence electrons. The average molecular weight is 1140 g/mol. The first-order valence-corrected chi connectivity index (χ1v) is 35.4. The van der Waals surface area contributed by atoms with Crippen molar-refractivity contribution in [3.63, 3.8) is 0 Å². The van der Waals surface area contributed by atoms with Crippen LogP contribution in [0.25, 0.3) is 0 Å². The summed E-state index contributed by atoms with van der Waals surface area (Å²) in [6.07, 6.45) is 104. The van der Waals surface area contributed by atoms with Crippen molar-refractivity contribution in [3.8, 4) is 0 Å². The molecule has 0 amide bonds. The predicted octanol–water partition coefficient (Wildman–Crippen LogP) is 24.8. The fraction of sp³-hybridized carbons (Fsp3) is 0.740. The lowest BCUT2D eigenvalue weighted by Gasteiger charge is -2.15. The Morgan fingerprint density at radius 1 is 0.293 bits per heavy atom. The Labute approximate surface area is 510 Å². The first-order chi connectivity index (χ1) is 40.6. The van der Waals surface area contributed by atoms with Crippen molar-refractivity contribution in [2.24, 2.45) is 0 Å². The summed E-state index contributed by atoms with van der Waals surface area (Å²) in [4.78, 5) is 24.7. The van der Waals surface area contributed by atoms with E-state index < -0.39 is 6.10 Å². The Hall–Kier alpha value is -3.44. The summed E-state index contributed by atoms with van der Waals surface area (Å²) < 4.78 is 10.8. The van der Waals surface area contributed by atoms with Gasteiger partial charge in [0.1, 0.15) is 6.61 Å². The monoisotopic (exact) mass is 1140 g/mol. The molecule has 5 nitrogen and oxygen atoms in total. The van der Waals surface area contributed by atoms with E-state index in [-0.39, 0.29) is 25.2 Å². The molecule has 0 aliphatic carbocycles. The highest BCUT2D eigenvalue weighted by Gasteiger charge is 2.16. The van der Waals surface area contributed by atoms with E-state index in [1.54, 1.807) is 0 Å². The standard InChI is InChI=1S/C77H134O5/c1-3-5-7-9-11-13-15-17-19-21-23-25-27-29-31-33-35-37-38-40-41-43-45-47-49-51-53-55-57-59-61-63-65-67-69-71-76(79)81-74-75(73-78)82-77(80)72-70-68-66-64-62-60-58-56-54-52-50-48-46-44-42-39-36-34-32-30-28-26-24-22-20-18-16-14-12-10-8-6-4-2/h6,8,12,14,18,20-21,23-24,26,30,32,36,39,44,46,50,52,75,78H,3-5,7,9-11,13,15-17,19,22,25,27-29,31,33-35,37-38,40-43,45,47-49,51,53-74H2,1-2H3/b8-6-,14-12-,20-18-,23-21-,26-24-,32-30-,39-36-,46-44-,52-50-. The molecule has 0 aliphatic rings. The molecule has 0 saturated carbocycles. The zero-order chi connectivity index (χ0) is 59.1. The lowest BCUT2D eigenvalue weighted by atomic mass is 10.0. The summed E-state index contributed by atoms with van der Waals surface area (Å²) in [5, 5.41) is 9.70. The summed E-state index contributed by atoms with van der Waals surface area (Å²) >= 11 is 0. The van der Waals surface area contributed by atoms with E-state index in [1.165, 1.54) is 225 Å². The largest absolute Gasteiger partial charge is 0.462 e. The number of aliphatic hydroxyl groups excluding tert-OH is 1. The zero-order valence-corrected chi connectivity index (χ0v) is 54.2. The van der Waals surface area contributed by atoms with Gasteiger partial charge in [0.2, 0.25) is 0 Å². The third kappa shape index (κ3) is 69.1. The van der Waals surface area contributed by atoms with Crippen molar-refractivity contribution in [1.82, 2.24) is 0 Å². The van der Waals surface area contributed by atoms with E-state index in [4.69, 9.17) is 9.47 Å². The van der Waals surface area contributed by atoms with E-state index in [0.717, 1.165) is 96.3 Å². The van der Waals surface area contributed by atoms with Gasteiger partial charge in [0, 0.05) is 12.8 Å². The number of hydrogen-bond acceptors (Lipinski definition) is 5. The fourth-order valence-electron chi connectivity index (χ4n) is 10.3. The second-order valence-electron chi connectivity index (χ2n) is 23.6. The van der Waals surface area contributed by atoms with Crippen LogP contribution in [0.5, 0.6) is 0 Å². The smallest absolute Gasteiger partial charge is 0.306 e. The summed E-state index contributed by atoms with van der Waals surface area (Å²) in [5.41, 5.74) is 0. The number of rotatable bonds is 65. The number of unbranched alkanes of at least 4 members (excludes halogenated alkanes) is 39. The third-order valence-electron chi connectivity index (χ3n) is 15.6. The van der Waals surface area contributed by atoms with Crippen LogP contribution in [0.15, 0.2) is 109 Å². The van der Waals surface area contributed by atoms with Gasteiger partial charge < -0.3 is 14.6 Å². The normalized spacial score (nSPS) is 12.9. The van der Waals surface area contributed by atoms with Crippen LogP contribution in [0, 0.1) is 0 Å². The molecule has 0 rings (SSSR count). The van der Waals surface area contributed by atoms with Crippen LogP contribution >= 0.6 is 0 Å². The predicted molar refractivity (Wildman–Crippen MR) is 362 cm³/mol. The Morgan fingerprint density at radius 2 is 0.524 bits per heavy atom. The second kappa shape index (κ2) is 71.8. The van der Waals surface area contributed by atoms with Gasteiger partial charge in [0.15, 0.2) is 6.10 Å². The lowest BCUT2D eigenvalue weighted by molar-refractivity contribution is -0.161. The minimum atomic E-state index is -0.784. The Balaban J connectivity index is 3.48. The van der Waals surface area contributed by atoms with Crippen molar-refractivity contribution in [3.05, 3.63) is 109 Å². The van der Waals surface area contributed by atoms with E-state index in [1.807, 2.05) is 0 Å². The van der Waals surface area contributed by atoms with Gasteiger partial charge in [0.25, 0.3) is 0 Å². The van der Waals surface area contributed by atoms with Crippen LogP contribution in [0.2, 0.25) is 0 Å². The van der Waals surface area contributed by atoms with Crippen LogP contribution in [0.4, 0.5) is 0 Å². The molecule has 0 spiro atoms. The minimum absolute atomic E-state index is 0.0713. The SMILES string of the molecule is CC/C=C\C/C=C\C/C=C\C/C=C\C/C=C\C/C=C\C/C=C\C/C=C\CCCCCCCCCCC(=O)OC(CO)COC(=O)CCCCCCCCCCCCCCCCCCCCCCCCC/C=C\CCCCCCCCCC. The van der Waals surface area contributed by atoms with Crippen molar-refractivity contribution in [1.29, 1.82) is 0 Å².